The number of anilines is 2. The Kier molecular flexibility index (Phi) is 6.32. The number of pyridine rings is 1. The largest absolute Gasteiger partial charge is 0.417 e. The van der Waals surface area contributed by atoms with Gasteiger partial charge < -0.3 is 9.91 Å². The van der Waals surface area contributed by atoms with Gasteiger partial charge in [0.05, 0.1) is 21.5 Å². The smallest absolute Gasteiger partial charge is 0.355 e. The van der Waals surface area contributed by atoms with Crippen molar-refractivity contribution in [2.75, 3.05) is 30.0 Å². The third-order valence-corrected chi connectivity index (χ3v) is 9.04. The number of alkyl halides is 3. The van der Waals surface area contributed by atoms with Crippen molar-refractivity contribution in [1.29, 1.82) is 0 Å². The number of amides is 1. The van der Waals surface area contributed by atoms with E-state index in [0.29, 0.717) is 38.3 Å². The number of hydrogen-bond acceptors (Lipinski definition) is 7. The number of halogens is 4. The van der Waals surface area contributed by atoms with Crippen LogP contribution in [0.5, 0.6) is 0 Å². The number of carbonyl (C=O) groups is 1. The molecule has 0 unspecified atom stereocenters. The standard InChI is InChI=1S/C23H25ClF3N5O3S/c1-30-20-10-14(22(33)29-36(34,35)18-4-5-18)2-3-15(20)13-32(30)17-6-8-31(9-7-17)21-19(24)11-16(12-28-21)23(25,26)27/h2-3,10-12,17-18H,4-9,13H2,1H3,(H,29,33). The first kappa shape index (κ1) is 25.1. The second-order valence-corrected chi connectivity index (χ2v) is 11.8. The summed E-state index contributed by atoms with van der Waals surface area (Å²) in [6.45, 7) is 1.80. The molecule has 1 aromatic heterocycles. The van der Waals surface area contributed by atoms with Crippen molar-refractivity contribution in [3.8, 4) is 0 Å². The lowest BCUT2D eigenvalue weighted by atomic mass is 10.0. The van der Waals surface area contributed by atoms with Crippen molar-refractivity contribution >= 4 is 39.0 Å². The number of piperidine rings is 1. The van der Waals surface area contributed by atoms with Crippen molar-refractivity contribution in [2.24, 2.45) is 0 Å². The molecule has 194 valence electrons. The first-order valence-electron chi connectivity index (χ1n) is 11.6. The van der Waals surface area contributed by atoms with Gasteiger partial charge in [-0.2, -0.15) is 13.2 Å². The molecule has 1 aromatic carbocycles. The summed E-state index contributed by atoms with van der Waals surface area (Å²) in [5.41, 5.74) is 1.26. The molecule has 1 saturated heterocycles. The van der Waals surface area contributed by atoms with E-state index in [1.807, 2.05) is 23.0 Å². The van der Waals surface area contributed by atoms with E-state index in [2.05, 4.69) is 14.7 Å². The molecule has 1 amide bonds. The Morgan fingerprint density at radius 3 is 2.44 bits per heavy atom. The lowest BCUT2D eigenvalue weighted by Crippen LogP contribution is -2.49. The quantitative estimate of drug-likeness (QED) is 0.614. The number of nitrogens with zero attached hydrogens (tertiary/aromatic N) is 4. The molecule has 3 aliphatic rings. The first-order chi connectivity index (χ1) is 16.9. The molecule has 36 heavy (non-hydrogen) atoms. The zero-order valence-corrected chi connectivity index (χ0v) is 21.0. The molecule has 5 rings (SSSR count). The molecule has 0 atom stereocenters. The number of fused-ring (bicyclic) bond motifs is 1. The third-order valence-electron chi connectivity index (χ3n) is 6.95. The highest BCUT2D eigenvalue weighted by Gasteiger charge is 2.38. The van der Waals surface area contributed by atoms with Gasteiger partial charge in [-0.25, -0.2) is 23.1 Å². The highest BCUT2D eigenvalue weighted by atomic mass is 35.5. The number of hydrogen-bond donors (Lipinski definition) is 1. The van der Waals surface area contributed by atoms with Crippen LogP contribution in [0.2, 0.25) is 5.02 Å². The molecule has 0 radical (unpaired) electrons. The molecule has 0 bridgehead atoms. The predicted molar refractivity (Wildman–Crippen MR) is 129 cm³/mol. The highest BCUT2D eigenvalue weighted by Crippen LogP contribution is 2.37. The normalized spacial score (nSPS) is 19.5. The summed E-state index contributed by atoms with van der Waals surface area (Å²) in [6.07, 6.45) is -1.06. The summed E-state index contributed by atoms with van der Waals surface area (Å²) in [4.78, 5) is 18.4. The van der Waals surface area contributed by atoms with Crippen LogP contribution in [-0.4, -0.2) is 55.7 Å². The van der Waals surface area contributed by atoms with Crippen LogP contribution in [0.25, 0.3) is 0 Å². The fourth-order valence-corrected chi connectivity index (χ4v) is 6.36. The maximum Gasteiger partial charge on any atom is 0.417 e. The fourth-order valence-electron chi connectivity index (χ4n) is 4.78. The molecular formula is C23H25ClF3N5O3S. The van der Waals surface area contributed by atoms with E-state index in [0.717, 1.165) is 36.4 Å². The maximum atomic E-state index is 12.9. The number of aromatic nitrogens is 1. The van der Waals surface area contributed by atoms with Gasteiger partial charge in [0.25, 0.3) is 5.91 Å². The van der Waals surface area contributed by atoms with Crippen LogP contribution in [0.15, 0.2) is 30.5 Å². The van der Waals surface area contributed by atoms with Gasteiger partial charge in [-0.15, -0.1) is 0 Å². The lowest BCUT2D eigenvalue weighted by Gasteiger charge is -2.40. The van der Waals surface area contributed by atoms with E-state index in [-0.39, 0.29) is 16.6 Å². The number of nitrogens with one attached hydrogen (secondary N) is 1. The highest BCUT2D eigenvalue weighted by molar-refractivity contribution is 7.91. The van der Waals surface area contributed by atoms with E-state index >= 15 is 0 Å². The van der Waals surface area contributed by atoms with Crippen molar-refractivity contribution in [2.45, 2.75) is 49.7 Å². The van der Waals surface area contributed by atoms with Crippen molar-refractivity contribution in [1.82, 2.24) is 14.7 Å². The molecule has 1 saturated carbocycles. The van der Waals surface area contributed by atoms with Gasteiger partial charge in [0, 0.05) is 44.5 Å². The van der Waals surface area contributed by atoms with Crippen LogP contribution in [0.3, 0.4) is 0 Å². The summed E-state index contributed by atoms with van der Waals surface area (Å²) in [5.74, 6) is -0.288. The third kappa shape index (κ3) is 4.85. The molecule has 1 aliphatic carbocycles. The number of carbonyl (C=O) groups excluding carboxylic acids is 1. The van der Waals surface area contributed by atoms with E-state index in [4.69, 9.17) is 11.6 Å². The molecular weight excluding hydrogens is 519 g/mol. The van der Waals surface area contributed by atoms with Crippen LogP contribution < -0.4 is 14.6 Å². The van der Waals surface area contributed by atoms with Crippen LogP contribution in [-0.2, 0) is 22.7 Å². The topological polar surface area (TPSA) is 85.8 Å². The van der Waals surface area contributed by atoms with E-state index in [1.54, 1.807) is 12.1 Å². The Labute approximate surface area is 212 Å². The summed E-state index contributed by atoms with van der Waals surface area (Å²) in [5, 5.41) is 3.66. The molecule has 8 nitrogen and oxygen atoms in total. The lowest BCUT2D eigenvalue weighted by molar-refractivity contribution is -0.137. The average molecular weight is 544 g/mol. The Morgan fingerprint density at radius 2 is 1.83 bits per heavy atom. The monoisotopic (exact) mass is 543 g/mol. The van der Waals surface area contributed by atoms with Gasteiger partial charge >= 0.3 is 6.18 Å². The molecule has 1 N–H and O–H groups in total. The van der Waals surface area contributed by atoms with Gasteiger partial charge in [0.15, 0.2) is 0 Å². The van der Waals surface area contributed by atoms with Crippen molar-refractivity contribution in [3.05, 3.63) is 52.2 Å². The Balaban J connectivity index is 1.23. The SMILES string of the molecule is CN1c2cc(C(=O)NS(=O)(=O)C3CC3)ccc2CN1C1CCN(c2ncc(C(F)(F)F)cc2Cl)CC1. The molecule has 2 aromatic rings. The molecule has 2 aliphatic heterocycles. The summed E-state index contributed by atoms with van der Waals surface area (Å²) in [6, 6.07) is 6.25. The minimum Gasteiger partial charge on any atom is -0.355 e. The molecule has 0 spiro atoms. The second-order valence-electron chi connectivity index (χ2n) is 9.39. The van der Waals surface area contributed by atoms with E-state index in [1.165, 1.54) is 0 Å². The van der Waals surface area contributed by atoms with Crippen molar-refractivity contribution in [3.63, 3.8) is 0 Å². The summed E-state index contributed by atoms with van der Waals surface area (Å²) in [7, 11) is -1.73. The van der Waals surface area contributed by atoms with Crippen LogP contribution in [0.4, 0.5) is 24.7 Å². The van der Waals surface area contributed by atoms with Crippen LogP contribution >= 0.6 is 11.6 Å². The van der Waals surface area contributed by atoms with Gasteiger partial charge in [0.1, 0.15) is 5.82 Å². The maximum absolute atomic E-state index is 12.9. The molecule has 13 heteroatoms. The van der Waals surface area contributed by atoms with Crippen molar-refractivity contribution < 1.29 is 26.4 Å². The number of hydrazine groups is 1. The first-order valence-corrected chi connectivity index (χ1v) is 13.5. The Bertz CT molecular complexity index is 1290. The van der Waals surface area contributed by atoms with E-state index < -0.39 is 32.9 Å². The van der Waals surface area contributed by atoms with Gasteiger partial charge in [0.2, 0.25) is 10.0 Å². The van der Waals surface area contributed by atoms with Gasteiger partial charge in [-0.3, -0.25) is 4.79 Å². The summed E-state index contributed by atoms with van der Waals surface area (Å²) >= 11 is 6.12. The zero-order valence-electron chi connectivity index (χ0n) is 19.4. The molecule has 3 heterocycles. The number of rotatable bonds is 5. The van der Waals surface area contributed by atoms with Gasteiger partial charge in [-0.1, -0.05) is 17.7 Å². The minimum absolute atomic E-state index is 0.0246. The van der Waals surface area contributed by atoms with E-state index in [9.17, 15) is 26.4 Å². The van der Waals surface area contributed by atoms with Gasteiger partial charge in [-0.05, 0) is 49.4 Å². The Hall–Kier alpha value is -2.57. The predicted octanol–water partition coefficient (Wildman–Crippen LogP) is 3.81. The second kappa shape index (κ2) is 9.07. The average Bonchev–Trinajstić information content (AvgIpc) is 3.63. The Morgan fingerprint density at radius 1 is 1.14 bits per heavy atom. The zero-order chi connectivity index (χ0) is 25.8. The fraction of sp³-hybridized carbons (Fsp3) is 0.478. The van der Waals surface area contributed by atoms with Crippen LogP contribution in [0, 0.1) is 0 Å². The minimum atomic E-state index is -4.50. The number of sulfonamides is 1. The van der Waals surface area contributed by atoms with Crippen LogP contribution in [0.1, 0.15) is 47.2 Å². The number of benzene rings is 1. The summed E-state index contributed by atoms with van der Waals surface area (Å²) < 4.78 is 65.2. The molecule has 2 fully saturated rings.